The predicted octanol–water partition coefficient (Wildman–Crippen LogP) is 4.73. The van der Waals surface area contributed by atoms with Crippen molar-refractivity contribution in [3.63, 3.8) is 0 Å². The maximum Gasteiger partial charge on any atom is 0.00102 e. The zero-order valence-corrected chi connectivity index (χ0v) is 12.8. The summed E-state index contributed by atoms with van der Waals surface area (Å²) in [5.74, 6) is 0.539. The lowest BCUT2D eigenvalue weighted by Crippen LogP contribution is -2.21. The van der Waals surface area contributed by atoms with E-state index in [2.05, 4.69) is 58.7 Å². The van der Waals surface area contributed by atoms with Crippen LogP contribution in [0.3, 0.4) is 0 Å². The Balaban J connectivity index is 0. The molecule has 0 heterocycles. The largest absolute Gasteiger partial charge is 0.315 e. The normalized spacial score (nSPS) is 11.9. The Bertz CT molecular complexity index is 244. The third kappa shape index (κ3) is 11.4. The SMILES string of the molecule is C=C(C(/C=C\C)=C/C)C(C)C.CCNC(C)C. The van der Waals surface area contributed by atoms with Crippen molar-refractivity contribution in [2.75, 3.05) is 6.54 Å². The molecule has 0 aromatic carbocycles. The number of rotatable bonds is 5. The van der Waals surface area contributed by atoms with Crippen molar-refractivity contribution in [2.24, 2.45) is 5.92 Å². The van der Waals surface area contributed by atoms with Crippen molar-refractivity contribution in [3.8, 4) is 0 Å². The van der Waals surface area contributed by atoms with Crippen LogP contribution in [0.5, 0.6) is 0 Å². The maximum absolute atomic E-state index is 4.02. The minimum absolute atomic E-state index is 0.539. The highest BCUT2D eigenvalue weighted by atomic mass is 14.9. The molecule has 0 bridgehead atoms. The van der Waals surface area contributed by atoms with Crippen molar-refractivity contribution < 1.29 is 0 Å². The standard InChI is InChI=1S/C11H18.C5H13N/c1-6-8-11(7-2)10(5)9(3)4;1-4-6-5(2)3/h6-9H,5H2,1-4H3;5-6H,4H2,1-3H3/b8-6-,11-7+;. The summed E-state index contributed by atoms with van der Waals surface area (Å²) in [6, 6.07) is 0.648. The Morgan fingerprint density at radius 2 is 1.71 bits per heavy atom. The van der Waals surface area contributed by atoms with E-state index in [9.17, 15) is 0 Å². The summed E-state index contributed by atoms with van der Waals surface area (Å²) < 4.78 is 0. The van der Waals surface area contributed by atoms with Gasteiger partial charge in [0.1, 0.15) is 0 Å². The zero-order valence-electron chi connectivity index (χ0n) is 12.8. The fourth-order valence-electron chi connectivity index (χ4n) is 1.31. The third-order valence-corrected chi connectivity index (χ3v) is 2.34. The van der Waals surface area contributed by atoms with E-state index in [0.717, 1.165) is 6.54 Å². The van der Waals surface area contributed by atoms with E-state index >= 15 is 0 Å². The van der Waals surface area contributed by atoms with E-state index in [1.807, 2.05) is 19.9 Å². The van der Waals surface area contributed by atoms with Gasteiger partial charge in [0.25, 0.3) is 0 Å². The van der Waals surface area contributed by atoms with E-state index in [-0.39, 0.29) is 0 Å². The van der Waals surface area contributed by atoms with Gasteiger partial charge in [0.15, 0.2) is 0 Å². The average Bonchev–Trinajstić information content (AvgIpc) is 2.25. The molecule has 0 aromatic heterocycles. The van der Waals surface area contributed by atoms with E-state index in [0.29, 0.717) is 12.0 Å². The summed E-state index contributed by atoms with van der Waals surface area (Å²) in [6.45, 7) is 19.9. The van der Waals surface area contributed by atoms with Crippen LogP contribution in [-0.2, 0) is 0 Å². The second-order valence-electron chi connectivity index (χ2n) is 4.64. The monoisotopic (exact) mass is 237 g/mol. The van der Waals surface area contributed by atoms with Crippen molar-refractivity contribution in [3.05, 3.63) is 36.0 Å². The molecule has 0 saturated carbocycles. The smallest absolute Gasteiger partial charge is 0.00102 e. The van der Waals surface area contributed by atoms with Crippen LogP contribution in [-0.4, -0.2) is 12.6 Å². The van der Waals surface area contributed by atoms with Crippen molar-refractivity contribution in [2.45, 2.75) is 54.5 Å². The van der Waals surface area contributed by atoms with Gasteiger partial charge in [-0.2, -0.15) is 0 Å². The molecule has 0 spiro atoms. The van der Waals surface area contributed by atoms with Gasteiger partial charge < -0.3 is 5.32 Å². The van der Waals surface area contributed by atoms with Crippen LogP contribution in [0, 0.1) is 5.92 Å². The first kappa shape index (κ1) is 18.5. The molecule has 0 rings (SSSR count). The molecule has 1 nitrogen and oxygen atoms in total. The maximum atomic E-state index is 4.02. The molecule has 0 amide bonds. The van der Waals surface area contributed by atoms with Gasteiger partial charge in [-0.05, 0) is 37.5 Å². The molecule has 0 radical (unpaired) electrons. The fourth-order valence-corrected chi connectivity index (χ4v) is 1.31. The summed E-state index contributed by atoms with van der Waals surface area (Å²) in [5, 5.41) is 3.21. The number of nitrogens with one attached hydrogen (secondary N) is 1. The Morgan fingerprint density at radius 1 is 1.18 bits per heavy atom. The quantitative estimate of drug-likeness (QED) is 0.682. The highest BCUT2D eigenvalue weighted by Gasteiger charge is 2.01. The fraction of sp³-hybridized carbons (Fsp3) is 0.625. The second kappa shape index (κ2) is 11.7. The van der Waals surface area contributed by atoms with Gasteiger partial charge in [0, 0.05) is 6.04 Å². The molecule has 0 saturated heterocycles. The minimum Gasteiger partial charge on any atom is -0.315 e. The summed E-state index contributed by atoms with van der Waals surface area (Å²) >= 11 is 0. The molecule has 0 aliphatic heterocycles. The molecule has 0 atom stereocenters. The molecule has 0 unspecified atom stereocenters. The van der Waals surface area contributed by atoms with Crippen molar-refractivity contribution >= 4 is 0 Å². The van der Waals surface area contributed by atoms with Gasteiger partial charge in [-0.15, -0.1) is 0 Å². The van der Waals surface area contributed by atoms with Crippen LogP contribution in [0.25, 0.3) is 0 Å². The van der Waals surface area contributed by atoms with Crippen LogP contribution in [0.2, 0.25) is 0 Å². The van der Waals surface area contributed by atoms with Gasteiger partial charge in [0.2, 0.25) is 0 Å². The minimum atomic E-state index is 0.539. The molecule has 0 aliphatic carbocycles. The van der Waals surface area contributed by atoms with E-state index in [1.54, 1.807) is 0 Å². The number of hydrogen-bond donors (Lipinski definition) is 1. The van der Waals surface area contributed by atoms with Crippen LogP contribution < -0.4 is 5.32 Å². The van der Waals surface area contributed by atoms with E-state index in [1.165, 1.54) is 11.1 Å². The van der Waals surface area contributed by atoms with Gasteiger partial charge >= 0.3 is 0 Å². The first-order valence-electron chi connectivity index (χ1n) is 6.62. The highest BCUT2D eigenvalue weighted by Crippen LogP contribution is 2.17. The van der Waals surface area contributed by atoms with Crippen LogP contribution in [0.4, 0.5) is 0 Å². The van der Waals surface area contributed by atoms with Crippen LogP contribution in [0.1, 0.15) is 48.5 Å². The number of allylic oxidation sites excluding steroid dienone is 5. The summed E-state index contributed by atoms with van der Waals surface area (Å²) in [6.07, 6.45) is 6.24. The lowest BCUT2D eigenvalue weighted by Gasteiger charge is -2.09. The highest BCUT2D eigenvalue weighted by molar-refractivity contribution is 5.38. The predicted molar refractivity (Wildman–Crippen MR) is 81.4 cm³/mol. The van der Waals surface area contributed by atoms with Crippen LogP contribution in [0.15, 0.2) is 36.0 Å². The van der Waals surface area contributed by atoms with Gasteiger partial charge in [0.05, 0.1) is 0 Å². The summed E-state index contributed by atoms with van der Waals surface area (Å²) in [4.78, 5) is 0. The Labute approximate surface area is 109 Å². The summed E-state index contributed by atoms with van der Waals surface area (Å²) in [5.41, 5.74) is 2.47. The molecule has 1 N–H and O–H groups in total. The van der Waals surface area contributed by atoms with Gasteiger partial charge in [-0.1, -0.05) is 59.4 Å². The van der Waals surface area contributed by atoms with Crippen molar-refractivity contribution in [1.29, 1.82) is 0 Å². The molecule has 17 heavy (non-hydrogen) atoms. The first-order chi connectivity index (χ1) is 7.90. The van der Waals surface area contributed by atoms with E-state index in [4.69, 9.17) is 0 Å². The molecular weight excluding hydrogens is 206 g/mol. The van der Waals surface area contributed by atoms with Gasteiger partial charge in [-0.3, -0.25) is 0 Å². The van der Waals surface area contributed by atoms with Crippen molar-refractivity contribution in [1.82, 2.24) is 5.32 Å². The first-order valence-corrected chi connectivity index (χ1v) is 6.62. The third-order valence-electron chi connectivity index (χ3n) is 2.34. The Hall–Kier alpha value is -0.820. The topological polar surface area (TPSA) is 12.0 Å². The molecule has 0 aliphatic rings. The molecule has 0 aromatic rings. The summed E-state index contributed by atoms with van der Waals surface area (Å²) in [7, 11) is 0. The van der Waals surface area contributed by atoms with Crippen LogP contribution >= 0.6 is 0 Å². The lowest BCUT2D eigenvalue weighted by atomic mass is 9.96. The van der Waals surface area contributed by atoms with Gasteiger partial charge in [-0.25, -0.2) is 0 Å². The molecular formula is C16H31N. The van der Waals surface area contributed by atoms with E-state index < -0.39 is 0 Å². The lowest BCUT2D eigenvalue weighted by molar-refractivity contribution is 0.613. The Morgan fingerprint density at radius 3 is 1.88 bits per heavy atom. The molecule has 1 heteroatoms. The molecule has 0 fully saturated rings. The second-order valence-corrected chi connectivity index (χ2v) is 4.64. The average molecular weight is 237 g/mol. The molecule has 100 valence electrons. The zero-order chi connectivity index (χ0) is 13.8. The Kier molecular flexibility index (Phi) is 12.7. The number of hydrogen-bond acceptors (Lipinski definition) is 1.